The van der Waals surface area contributed by atoms with E-state index in [1.54, 1.807) is 9.21 Å². The number of hydrogen-bond acceptors (Lipinski definition) is 8. The summed E-state index contributed by atoms with van der Waals surface area (Å²) in [6.07, 6.45) is 7.07. The molecule has 3 aliphatic heterocycles. The fourth-order valence-electron chi connectivity index (χ4n) is 5.54. The molecule has 3 saturated heterocycles. The Morgan fingerprint density at radius 1 is 0.943 bits per heavy atom. The van der Waals surface area contributed by atoms with Crippen molar-refractivity contribution in [2.24, 2.45) is 0 Å². The van der Waals surface area contributed by atoms with Crippen LogP contribution < -0.4 is 9.47 Å². The number of sulfonamides is 1. The molecule has 1 amide bonds. The summed E-state index contributed by atoms with van der Waals surface area (Å²) in [6.45, 7) is 6.73. The van der Waals surface area contributed by atoms with E-state index in [0.29, 0.717) is 50.5 Å². The lowest BCUT2D eigenvalue weighted by Crippen LogP contribution is -2.50. The SMILES string of the molecule is Cc1c(OC2CCN(C(=O)OC(C)C)CC2)ncnc1OC1C[C@H]2CC[C@H](C1)N2S(=O)(=O)C1CC1. The Labute approximate surface area is 207 Å². The summed E-state index contributed by atoms with van der Waals surface area (Å²) in [4.78, 5) is 22.5. The van der Waals surface area contributed by atoms with E-state index in [4.69, 9.17) is 14.2 Å². The van der Waals surface area contributed by atoms with Crippen LogP contribution in [-0.4, -0.2) is 82.4 Å². The Morgan fingerprint density at radius 2 is 1.51 bits per heavy atom. The van der Waals surface area contributed by atoms with Gasteiger partial charge in [-0.15, -0.1) is 0 Å². The molecule has 1 aromatic heterocycles. The second-order valence-electron chi connectivity index (χ2n) is 10.5. The van der Waals surface area contributed by atoms with Gasteiger partial charge in [0.25, 0.3) is 0 Å². The molecule has 0 unspecified atom stereocenters. The van der Waals surface area contributed by atoms with Crippen LogP contribution in [0.4, 0.5) is 4.79 Å². The van der Waals surface area contributed by atoms with Gasteiger partial charge in [-0.25, -0.2) is 23.2 Å². The number of hydrogen-bond donors (Lipinski definition) is 0. The molecule has 1 aromatic rings. The van der Waals surface area contributed by atoms with Gasteiger partial charge in [0.2, 0.25) is 21.8 Å². The zero-order valence-electron chi connectivity index (χ0n) is 20.8. The van der Waals surface area contributed by atoms with Gasteiger partial charge in [0.05, 0.1) is 16.9 Å². The third kappa shape index (κ3) is 5.21. The summed E-state index contributed by atoms with van der Waals surface area (Å²) in [5, 5.41) is -0.167. The third-order valence-electron chi connectivity index (χ3n) is 7.45. The fraction of sp³-hybridized carbons (Fsp3) is 0.792. The summed E-state index contributed by atoms with van der Waals surface area (Å²) in [5.74, 6) is 0.991. The Bertz CT molecular complexity index is 1020. The highest BCUT2D eigenvalue weighted by Crippen LogP contribution is 2.43. The lowest BCUT2D eigenvalue weighted by atomic mass is 10.0. The van der Waals surface area contributed by atoms with E-state index in [-0.39, 0.29) is 41.7 Å². The van der Waals surface area contributed by atoms with Crippen LogP contribution in [0, 0.1) is 6.92 Å². The number of nitrogens with zero attached hydrogens (tertiary/aromatic N) is 4. The van der Waals surface area contributed by atoms with E-state index in [1.165, 1.54) is 6.33 Å². The second-order valence-corrected chi connectivity index (χ2v) is 12.6. The first-order valence-corrected chi connectivity index (χ1v) is 14.4. The zero-order chi connectivity index (χ0) is 24.7. The van der Waals surface area contributed by atoms with Crippen LogP contribution in [-0.2, 0) is 14.8 Å². The molecule has 4 heterocycles. The standard InChI is InChI=1S/C24H36N4O6S/c1-15(2)32-24(29)27-10-8-19(9-11-27)33-22-16(3)23(26-14-25-22)34-20-12-17-4-5-18(13-20)28(17)35(30,31)21-6-7-21/h14-15,17-21H,4-13H2,1-3H3/t17-,18-/m1/s1. The van der Waals surface area contributed by atoms with Crippen LogP contribution in [0.25, 0.3) is 0 Å². The molecule has 1 aliphatic carbocycles. The van der Waals surface area contributed by atoms with Crippen molar-refractivity contribution in [3.05, 3.63) is 11.9 Å². The number of fused-ring (bicyclic) bond motifs is 2. The maximum atomic E-state index is 12.9. The highest BCUT2D eigenvalue weighted by molar-refractivity contribution is 7.90. The first kappa shape index (κ1) is 24.5. The smallest absolute Gasteiger partial charge is 0.410 e. The average molecular weight is 509 g/mol. The van der Waals surface area contributed by atoms with Crippen molar-refractivity contribution < 1.29 is 27.4 Å². The number of likely N-dealkylation sites (tertiary alicyclic amines) is 1. The monoisotopic (exact) mass is 508 g/mol. The van der Waals surface area contributed by atoms with Crippen LogP contribution in [0.15, 0.2) is 6.33 Å². The summed E-state index contributed by atoms with van der Waals surface area (Å²) in [5.41, 5.74) is 0.745. The van der Waals surface area contributed by atoms with E-state index in [2.05, 4.69) is 9.97 Å². The van der Waals surface area contributed by atoms with Crippen molar-refractivity contribution in [1.82, 2.24) is 19.2 Å². The number of amides is 1. The van der Waals surface area contributed by atoms with E-state index in [0.717, 1.165) is 31.2 Å². The zero-order valence-corrected chi connectivity index (χ0v) is 21.6. The maximum absolute atomic E-state index is 12.9. The maximum Gasteiger partial charge on any atom is 0.410 e. The largest absolute Gasteiger partial charge is 0.474 e. The van der Waals surface area contributed by atoms with Crippen LogP contribution in [0.5, 0.6) is 11.8 Å². The van der Waals surface area contributed by atoms with Gasteiger partial charge in [0, 0.05) is 50.9 Å². The molecule has 11 heteroatoms. The van der Waals surface area contributed by atoms with Crippen molar-refractivity contribution in [3.8, 4) is 11.8 Å². The number of piperidine rings is 2. The minimum Gasteiger partial charge on any atom is -0.474 e. The first-order chi connectivity index (χ1) is 16.7. The third-order valence-corrected chi connectivity index (χ3v) is 9.95. The number of carbonyl (C=O) groups excluding carboxylic acids is 1. The number of carbonyl (C=O) groups is 1. The lowest BCUT2D eigenvalue weighted by Gasteiger charge is -2.38. The molecular formula is C24H36N4O6S. The van der Waals surface area contributed by atoms with E-state index >= 15 is 0 Å². The predicted molar refractivity (Wildman–Crippen MR) is 128 cm³/mol. The Kier molecular flexibility index (Phi) is 6.82. The van der Waals surface area contributed by atoms with Crippen LogP contribution >= 0.6 is 0 Å². The Hall–Kier alpha value is -2.14. The lowest BCUT2D eigenvalue weighted by molar-refractivity contribution is 0.0502. The summed E-state index contributed by atoms with van der Waals surface area (Å²) in [6, 6.07) is 0.0459. The molecule has 0 aromatic carbocycles. The van der Waals surface area contributed by atoms with Crippen molar-refractivity contribution in [2.75, 3.05) is 13.1 Å². The van der Waals surface area contributed by atoms with E-state index < -0.39 is 10.0 Å². The summed E-state index contributed by atoms with van der Waals surface area (Å²) in [7, 11) is -3.17. The second kappa shape index (κ2) is 9.72. The van der Waals surface area contributed by atoms with Gasteiger partial charge >= 0.3 is 6.09 Å². The molecule has 10 nitrogen and oxygen atoms in total. The van der Waals surface area contributed by atoms with Crippen LogP contribution in [0.2, 0.25) is 0 Å². The molecule has 35 heavy (non-hydrogen) atoms. The minimum absolute atomic E-state index is 0.0229. The quantitative estimate of drug-likeness (QED) is 0.553. The van der Waals surface area contributed by atoms with Gasteiger partial charge in [-0.2, -0.15) is 4.31 Å². The number of aromatic nitrogens is 2. The predicted octanol–water partition coefficient (Wildman–Crippen LogP) is 3.04. The molecule has 194 valence electrons. The first-order valence-electron chi connectivity index (χ1n) is 12.8. The van der Waals surface area contributed by atoms with Crippen molar-refractivity contribution >= 4 is 16.1 Å². The van der Waals surface area contributed by atoms with Gasteiger partial charge in [-0.05, 0) is 46.5 Å². The van der Waals surface area contributed by atoms with Gasteiger partial charge < -0.3 is 19.1 Å². The highest BCUT2D eigenvalue weighted by Gasteiger charge is 2.52. The van der Waals surface area contributed by atoms with Gasteiger partial charge in [-0.3, -0.25) is 0 Å². The molecular weight excluding hydrogens is 472 g/mol. The van der Waals surface area contributed by atoms with E-state index in [1.807, 2.05) is 20.8 Å². The highest BCUT2D eigenvalue weighted by atomic mass is 32.2. The van der Waals surface area contributed by atoms with Crippen molar-refractivity contribution in [1.29, 1.82) is 0 Å². The Morgan fingerprint density at radius 3 is 2.06 bits per heavy atom. The van der Waals surface area contributed by atoms with Crippen LogP contribution in [0.1, 0.15) is 70.8 Å². The summed E-state index contributed by atoms with van der Waals surface area (Å²) >= 11 is 0. The van der Waals surface area contributed by atoms with E-state index in [9.17, 15) is 13.2 Å². The van der Waals surface area contributed by atoms with Crippen molar-refractivity contribution in [3.63, 3.8) is 0 Å². The van der Waals surface area contributed by atoms with Crippen LogP contribution in [0.3, 0.4) is 0 Å². The molecule has 2 atom stereocenters. The molecule has 4 fully saturated rings. The number of ether oxygens (including phenoxy) is 3. The molecule has 5 rings (SSSR count). The molecule has 4 aliphatic rings. The van der Waals surface area contributed by atoms with Gasteiger partial charge in [0.15, 0.2) is 0 Å². The normalized spacial score (nSPS) is 27.8. The fourth-order valence-corrected chi connectivity index (χ4v) is 7.83. The average Bonchev–Trinajstić information content (AvgIpc) is 3.62. The topological polar surface area (TPSA) is 111 Å². The Balaban J connectivity index is 1.17. The molecule has 0 radical (unpaired) electrons. The minimum atomic E-state index is -3.17. The van der Waals surface area contributed by atoms with Gasteiger partial charge in [-0.1, -0.05) is 0 Å². The molecule has 0 spiro atoms. The van der Waals surface area contributed by atoms with Gasteiger partial charge in [0.1, 0.15) is 18.5 Å². The summed E-state index contributed by atoms with van der Waals surface area (Å²) < 4.78 is 45.3. The van der Waals surface area contributed by atoms with Crippen molar-refractivity contribution in [2.45, 2.75) is 108 Å². The number of rotatable bonds is 7. The molecule has 1 saturated carbocycles. The molecule has 2 bridgehead atoms. The molecule has 0 N–H and O–H groups in total.